The van der Waals surface area contributed by atoms with Gasteiger partial charge in [-0.15, -0.1) is 0 Å². The van der Waals surface area contributed by atoms with E-state index in [-0.39, 0.29) is 11.9 Å². The van der Waals surface area contributed by atoms with Crippen LogP contribution in [0.25, 0.3) is 0 Å². The fourth-order valence-electron chi connectivity index (χ4n) is 4.32. The average Bonchev–Trinajstić information content (AvgIpc) is 2.77. The van der Waals surface area contributed by atoms with Crippen LogP contribution in [0.1, 0.15) is 56.6 Å². The Kier molecular flexibility index (Phi) is 9.00. The van der Waals surface area contributed by atoms with E-state index in [4.69, 9.17) is 0 Å². The molecule has 2 heterocycles. The number of hydrogen-bond acceptors (Lipinski definition) is 3. The fourth-order valence-corrected chi connectivity index (χ4v) is 4.32. The molecule has 3 rings (SSSR count). The van der Waals surface area contributed by atoms with Crippen molar-refractivity contribution in [3.8, 4) is 0 Å². The molecule has 1 aromatic rings. The van der Waals surface area contributed by atoms with Crippen LogP contribution in [-0.2, 0) is 17.8 Å². The molecule has 2 N–H and O–H groups in total. The molecule has 166 valence electrons. The Hall–Kier alpha value is -2.08. The number of nitrogens with zero attached hydrogens (tertiary/aromatic N) is 2. The number of unbranched alkanes of at least 4 members (excludes halogenated alkanes) is 1. The molecule has 1 fully saturated rings. The van der Waals surface area contributed by atoms with Gasteiger partial charge in [0.1, 0.15) is 0 Å². The van der Waals surface area contributed by atoms with Crippen molar-refractivity contribution in [3.05, 3.63) is 35.4 Å². The van der Waals surface area contributed by atoms with Crippen LogP contribution in [0.15, 0.2) is 24.3 Å². The Balaban J connectivity index is 1.19. The summed E-state index contributed by atoms with van der Waals surface area (Å²) in [6.45, 7) is 8.66. The predicted molar refractivity (Wildman–Crippen MR) is 120 cm³/mol. The molecule has 2 aliphatic heterocycles. The summed E-state index contributed by atoms with van der Waals surface area (Å²) < 4.78 is 0. The zero-order chi connectivity index (χ0) is 21.2. The highest BCUT2D eigenvalue weighted by Gasteiger charge is 2.19. The first-order valence-electron chi connectivity index (χ1n) is 11.7. The molecule has 6 nitrogen and oxygen atoms in total. The number of likely N-dealkylation sites (tertiary alicyclic amines) is 1. The Morgan fingerprint density at radius 1 is 0.967 bits per heavy atom. The SMILES string of the molecule is CC1CCN(CCCCNC(=O)NCCCC(=O)N2CCc3ccccc3C2)CC1. The van der Waals surface area contributed by atoms with E-state index in [9.17, 15) is 9.59 Å². The van der Waals surface area contributed by atoms with Gasteiger partial charge in [-0.3, -0.25) is 4.79 Å². The molecule has 0 radical (unpaired) electrons. The normalized spacial score (nSPS) is 17.4. The Morgan fingerprint density at radius 3 is 2.43 bits per heavy atom. The van der Waals surface area contributed by atoms with Gasteiger partial charge in [0.15, 0.2) is 0 Å². The summed E-state index contributed by atoms with van der Waals surface area (Å²) in [6.07, 6.45) is 6.85. The third-order valence-electron chi connectivity index (χ3n) is 6.40. The van der Waals surface area contributed by atoms with Crippen molar-refractivity contribution in [3.63, 3.8) is 0 Å². The number of urea groups is 1. The molecule has 2 aliphatic rings. The van der Waals surface area contributed by atoms with E-state index >= 15 is 0 Å². The van der Waals surface area contributed by atoms with Crippen LogP contribution in [-0.4, -0.2) is 61.0 Å². The van der Waals surface area contributed by atoms with Crippen molar-refractivity contribution >= 4 is 11.9 Å². The van der Waals surface area contributed by atoms with Gasteiger partial charge < -0.3 is 20.4 Å². The maximum Gasteiger partial charge on any atom is 0.314 e. The summed E-state index contributed by atoms with van der Waals surface area (Å²) in [5.74, 6) is 1.05. The lowest BCUT2D eigenvalue weighted by Crippen LogP contribution is -2.38. The second-order valence-corrected chi connectivity index (χ2v) is 8.85. The Morgan fingerprint density at radius 2 is 1.67 bits per heavy atom. The van der Waals surface area contributed by atoms with E-state index in [1.165, 1.54) is 37.1 Å². The predicted octanol–water partition coefficient (Wildman–Crippen LogP) is 3.16. The molecule has 1 aromatic carbocycles. The van der Waals surface area contributed by atoms with Gasteiger partial charge in [0, 0.05) is 32.6 Å². The average molecular weight is 415 g/mol. The lowest BCUT2D eigenvalue weighted by atomic mass is 9.99. The van der Waals surface area contributed by atoms with Crippen LogP contribution in [0, 0.1) is 5.92 Å². The quantitative estimate of drug-likeness (QED) is 0.610. The van der Waals surface area contributed by atoms with Crippen LogP contribution < -0.4 is 10.6 Å². The number of amides is 3. The molecule has 0 bridgehead atoms. The molecule has 6 heteroatoms. The molecule has 1 saturated heterocycles. The largest absolute Gasteiger partial charge is 0.338 e. The standard InChI is InChI=1S/C24H38N4O2/c1-20-10-16-27(17-11-20)15-5-4-13-25-24(30)26-14-6-9-23(29)28-18-12-21-7-2-3-8-22(21)19-28/h2-3,7-8,20H,4-6,9-19H2,1H3,(H2,25,26,30). The third kappa shape index (κ3) is 7.31. The number of piperidine rings is 1. The van der Waals surface area contributed by atoms with E-state index < -0.39 is 0 Å². The number of carbonyl (C=O) groups is 2. The molecule has 0 spiro atoms. The first-order valence-corrected chi connectivity index (χ1v) is 11.7. The highest BCUT2D eigenvalue weighted by Crippen LogP contribution is 2.19. The van der Waals surface area contributed by atoms with Gasteiger partial charge in [-0.25, -0.2) is 4.79 Å². The van der Waals surface area contributed by atoms with E-state index in [1.54, 1.807) is 0 Å². The van der Waals surface area contributed by atoms with Gasteiger partial charge in [-0.1, -0.05) is 31.2 Å². The van der Waals surface area contributed by atoms with Crippen molar-refractivity contribution < 1.29 is 9.59 Å². The minimum absolute atomic E-state index is 0.124. The van der Waals surface area contributed by atoms with Gasteiger partial charge >= 0.3 is 6.03 Å². The summed E-state index contributed by atoms with van der Waals surface area (Å²) in [6, 6.07) is 8.22. The number of hydrogen-bond donors (Lipinski definition) is 2. The zero-order valence-corrected chi connectivity index (χ0v) is 18.5. The van der Waals surface area contributed by atoms with Crippen molar-refractivity contribution in [1.82, 2.24) is 20.4 Å². The third-order valence-corrected chi connectivity index (χ3v) is 6.40. The second-order valence-electron chi connectivity index (χ2n) is 8.85. The summed E-state index contributed by atoms with van der Waals surface area (Å²) in [7, 11) is 0. The van der Waals surface area contributed by atoms with E-state index in [2.05, 4.69) is 40.7 Å². The van der Waals surface area contributed by atoms with Gasteiger partial charge in [0.05, 0.1) is 0 Å². The lowest BCUT2D eigenvalue weighted by Gasteiger charge is -2.30. The van der Waals surface area contributed by atoms with Crippen LogP contribution in [0.2, 0.25) is 0 Å². The number of carbonyl (C=O) groups excluding carboxylic acids is 2. The summed E-state index contributed by atoms with van der Waals surface area (Å²) in [5.41, 5.74) is 2.61. The first-order chi connectivity index (χ1) is 14.6. The second kappa shape index (κ2) is 11.9. The Labute approximate surface area is 181 Å². The van der Waals surface area contributed by atoms with Gasteiger partial charge in [0.25, 0.3) is 0 Å². The van der Waals surface area contributed by atoms with E-state index in [0.29, 0.717) is 32.5 Å². The van der Waals surface area contributed by atoms with Crippen LogP contribution in [0.3, 0.4) is 0 Å². The van der Waals surface area contributed by atoms with E-state index in [0.717, 1.165) is 38.3 Å². The molecule has 3 amide bonds. The summed E-state index contributed by atoms with van der Waals surface area (Å²) in [4.78, 5) is 28.8. The Bertz CT molecular complexity index is 686. The van der Waals surface area contributed by atoms with Crippen molar-refractivity contribution in [2.75, 3.05) is 39.3 Å². The zero-order valence-electron chi connectivity index (χ0n) is 18.5. The molecular weight excluding hydrogens is 376 g/mol. The lowest BCUT2D eigenvalue weighted by molar-refractivity contribution is -0.132. The van der Waals surface area contributed by atoms with Crippen LogP contribution >= 0.6 is 0 Å². The minimum Gasteiger partial charge on any atom is -0.338 e. The molecule has 0 unspecified atom stereocenters. The van der Waals surface area contributed by atoms with Crippen molar-refractivity contribution in [1.29, 1.82) is 0 Å². The number of rotatable bonds is 9. The summed E-state index contributed by atoms with van der Waals surface area (Å²) in [5, 5.41) is 5.80. The first kappa shape index (κ1) is 22.6. The summed E-state index contributed by atoms with van der Waals surface area (Å²) >= 11 is 0. The topological polar surface area (TPSA) is 64.7 Å². The monoisotopic (exact) mass is 414 g/mol. The maximum absolute atomic E-state index is 12.4. The van der Waals surface area contributed by atoms with Gasteiger partial charge in [0.2, 0.25) is 5.91 Å². The highest BCUT2D eigenvalue weighted by molar-refractivity contribution is 5.77. The van der Waals surface area contributed by atoms with Crippen LogP contribution in [0.4, 0.5) is 4.79 Å². The number of nitrogens with one attached hydrogen (secondary N) is 2. The molecular formula is C24H38N4O2. The van der Waals surface area contributed by atoms with Crippen LogP contribution in [0.5, 0.6) is 0 Å². The molecule has 30 heavy (non-hydrogen) atoms. The molecule has 0 atom stereocenters. The maximum atomic E-state index is 12.4. The van der Waals surface area contributed by atoms with Crippen molar-refractivity contribution in [2.45, 2.75) is 58.4 Å². The van der Waals surface area contributed by atoms with Gasteiger partial charge in [-0.2, -0.15) is 0 Å². The van der Waals surface area contributed by atoms with Crippen molar-refractivity contribution in [2.24, 2.45) is 5.92 Å². The smallest absolute Gasteiger partial charge is 0.314 e. The molecule has 0 saturated carbocycles. The number of benzene rings is 1. The molecule has 0 aromatic heterocycles. The fraction of sp³-hybridized carbons (Fsp3) is 0.667. The van der Waals surface area contributed by atoms with Gasteiger partial charge in [-0.05, 0) is 75.2 Å². The van der Waals surface area contributed by atoms with E-state index in [1.807, 2.05) is 11.0 Å². The molecule has 0 aliphatic carbocycles. The highest BCUT2D eigenvalue weighted by atomic mass is 16.2. The number of fused-ring (bicyclic) bond motifs is 1. The minimum atomic E-state index is -0.124.